The Hall–Kier alpha value is -1.98. The number of nitrogens with one attached hydrogen (secondary N) is 1. The Morgan fingerprint density at radius 1 is 1.08 bits per heavy atom. The predicted molar refractivity (Wildman–Crippen MR) is 90.3 cm³/mol. The monoisotopic (exact) mass is 330 g/mol. The topological polar surface area (TPSA) is 75.2 Å². The third-order valence-electron chi connectivity index (χ3n) is 5.13. The van der Waals surface area contributed by atoms with E-state index in [0.717, 1.165) is 57.9 Å². The molecule has 2 aliphatic rings. The van der Waals surface area contributed by atoms with Gasteiger partial charge in [0.1, 0.15) is 5.69 Å². The Morgan fingerprint density at radius 2 is 1.92 bits per heavy atom. The molecule has 3 rings (SSSR count). The minimum atomic E-state index is -0.0996. The molecular weight excluding hydrogens is 304 g/mol. The molecule has 2 amide bonds. The van der Waals surface area contributed by atoms with Gasteiger partial charge in [-0.25, -0.2) is 4.98 Å². The van der Waals surface area contributed by atoms with Gasteiger partial charge in [0.15, 0.2) is 0 Å². The van der Waals surface area contributed by atoms with E-state index in [2.05, 4.69) is 15.3 Å². The van der Waals surface area contributed by atoms with Gasteiger partial charge in [-0.2, -0.15) is 0 Å². The molecule has 0 radical (unpaired) electrons. The van der Waals surface area contributed by atoms with E-state index >= 15 is 0 Å². The van der Waals surface area contributed by atoms with Gasteiger partial charge in [-0.15, -0.1) is 0 Å². The van der Waals surface area contributed by atoms with Crippen LogP contribution in [0.3, 0.4) is 0 Å². The zero-order chi connectivity index (χ0) is 16.8. The third kappa shape index (κ3) is 3.91. The summed E-state index contributed by atoms with van der Waals surface area (Å²) in [5.41, 5.74) is 0.372. The molecule has 6 heteroatoms. The number of fused-ring (bicyclic) bond motifs is 1. The Labute approximate surface area is 143 Å². The lowest BCUT2D eigenvalue weighted by molar-refractivity contribution is -0.128. The number of carbonyl (C=O) groups is 2. The second-order valence-electron chi connectivity index (χ2n) is 6.75. The summed E-state index contributed by atoms with van der Waals surface area (Å²) in [5, 5.41) is 3.07. The minimum Gasteiger partial charge on any atom is -0.356 e. The first-order chi connectivity index (χ1) is 11.8. The van der Waals surface area contributed by atoms with E-state index < -0.39 is 0 Å². The summed E-state index contributed by atoms with van der Waals surface area (Å²) in [6.45, 7) is 1.45. The molecule has 1 aliphatic carbocycles. The summed E-state index contributed by atoms with van der Waals surface area (Å²) in [4.78, 5) is 35.7. The predicted octanol–water partition coefficient (Wildman–Crippen LogP) is 2.17. The summed E-state index contributed by atoms with van der Waals surface area (Å²) >= 11 is 0. The van der Waals surface area contributed by atoms with Crippen LogP contribution in [-0.4, -0.2) is 45.8 Å². The number of hydrogen-bond acceptors (Lipinski definition) is 4. The van der Waals surface area contributed by atoms with Gasteiger partial charge in [-0.1, -0.05) is 25.7 Å². The first kappa shape index (κ1) is 16.9. The van der Waals surface area contributed by atoms with Crippen molar-refractivity contribution in [3.63, 3.8) is 0 Å². The Morgan fingerprint density at radius 3 is 2.75 bits per heavy atom. The van der Waals surface area contributed by atoms with Crippen LogP contribution in [0.15, 0.2) is 18.6 Å². The van der Waals surface area contributed by atoms with Crippen LogP contribution in [0.4, 0.5) is 0 Å². The molecule has 0 aromatic carbocycles. The van der Waals surface area contributed by atoms with Crippen LogP contribution in [0, 0.1) is 5.92 Å². The molecule has 1 saturated heterocycles. The van der Waals surface area contributed by atoms with Crippen LogP contribution < -0.4 is 5.32 Å². The smallest absolute Gasteiger partial charge is 0.274 e. The van der Waals surface area contributed by atoms with Crippen molar-refractivity contribution in [3.05, 3.63) is 24.3 Å². The molecule has 2 unspecified atom stereocenters. The molecule has 1 N–H and O–H groups in total. The first-order valence-corrected chi connectivity index (χ1v) is 9.12. The first-order valence-electron chi connectivity index (χ1n) is 9.12. The second kappa shape index (κ2) is 8.22. The van der Waals surface area contributed by atoms with Gasteiger partial charge in [0.05, 0.1) is 12.1 Å². The lowest BCUT2D eigenvalue weighted by Crippen LogP contribution is -2.51. The van der Waals surface area contributed by atoms with Gasteiger partial charge < -0.3 is 10.2 Å². The van der Waals surface area contributed by atoms with Crippen LogP contribution in [0.2, 0.25) is 0 Å². The molecule has 0 bridgehead atoms. The molecule has 24 heavy (non-hydrogen) atoms. The van der Waals surface area contributed by atoms with Crippen molar-refractivity contribution in [3.8, 4) is 0 Å². The maximum atomic E-state index is 13.0. The summed E-state index contributed by atoms with van der Waals surface area (Å²) in [7, 11) is 0. The van der Waals surface area contributed by atoms with Crippen LogP contribution in [0.1, 0.15) is 61.9 Å². The van der Waals surface area contributed by atoms with Crippen molar-refractivity contribution in [2.45, 2.75) is 57.4 Å². The van der Waals surface area contributed by atoms with Gasteiger partial charge in [0.25, 0.3) is 5.91 Å². The lowest BCUT2D eigenvalue weighted by atomic mass is 9.82. The van der Waals surface area contributed by atoms with Crippen LogP contribution >= 0.6 is 0 Å². The van der Waals surface area contributed by atoms with Crippen molar-refractivity contribution in [1.82, 2.24) is 20.2 Å². The molecule has 1 saturated carbocycles. The van der Waals surface area contributed by atoms with Gasteiger partial charge >= 0.3 is 0 Å². The van der Waals surface area contributed by atoms with Gasteiger partial charge in [-0.3, -0.25) is 14.6 Å². The Bertz CT molecular complexity index is 563. The Balaban J connectivity index is 1.86. The van der Waals surface area contributed by atoms with E-state index in [1.165, 1.54) is 6.20 Å². The highest BCUT2D eigenvalue weighted by Gasteiger charge is 2.37. The van der Waals surface area contributed by atoms with E-state index in [1.54, 1.807) is 12.4 Å². The normalized spacial score (nSPS) is 26.0. The maximum Gasteiger partial charge on any atom is 0.274 e. The summed E-state index contributed by atoms with van der Waals surface area (Å²) in [6, 6.07) is -0.0219. The van der Waals surface area contributed by atoms with Crippen LogP contribution in [0.5, 0.6) is 0 Å². The van der Waals surface area contributed by atoms with Crippen molar-refractivity contribution >= 4 is 11.8 Å². The fourth-order valence-electron chi connectivity index (χ4n) is 3.87. The standard InChI is InChI=1S/C18H26N4O2/c23-17-14-7-3-4-8-16(14)22(12-6-2-1-5-9-21-17)18(24)15-13-19-10-11-20-15/h10-11,13-14,16H,1-9,12H2,(H,21,23). The molecule has 2 heterocycles. The number of hydrogen-bond donors (Lipinski definition) is 1. The van der Waals surface area contributed by atoms with Gasteiger partial charge in [-0.05, 0) is 25.7 Å². The Kier molecular flexibility index (Phi) is 5.77. The second-order valence-corrected chi connectivity index (χ2v) is 6.75. The molecule has 6 nitrogen and oxygen atoms in total. The van der Waals surface area contributed by atoms with Crippen LogP contribution in [0.25, 0.3) is 0 Å². The highest BCUT2D eigenvalue weighted by atomic mass is 16.2. The third-order valence-corrected chi connectivity index (χ3v) is 5.13. The van der Waals surface area contributed by atoms with Crippen molar-refractivity contribution in [1.29, 1.82) is 0 Å². The van der Waals surface area contributed by atoms with E-state index in [1.807, 2.05) is 4.90 Å². The van der Waals surface area contributed by atoms with E-state index in [0.29, 0.717) is 12.2 Å². The minimum absolute atomic E-state index is 0.0219. The average Bonchev–Trinajstić information content (AvgIpc) is 2.67. The summed E-state index contributed by atoms with van der Waals surface area (Å²) in [5.74, 6) is -0.0805. The molecule has 1 aromatic rings. The molecule has 2 fully saturated rings. The van der Waals surface area contributed by atoms with E-state index in [9.17, 15) is 9.59 Å². The highest BCUT2D eigenvalue weighted by Crippen LogP contribution is 2.30. The zero-order valence-electron chi connectivity index (χ0n) is 14.1. The maximum absolute atomic E-state index is 13.0. The zero-order valence-corrected chi connectivity index (χ0v) is 14.1. The molecule has 1 aromatic heterocycles. The molecule has 0 spiro atoms. The van der Waals surface area contributed by atoms with Gasteiger partial charge in [0, 0.05) is 31.5 Å². The number of carbonyl (C=O) groups excluding carboxylic acids is 2. The molecule has 2 atom stereocenters. The summed E-state index contributed by atoms with van der Waals surface area (Å²) in [6.07, 6.45) is 12.7. The number of amides is 2. The fraction of sp³-hybridized carbons (Fsp3) is 0.667. The summed E-state index contributed by atoms with van der Waals surface area (Å²) < 4.78 is 0. The number of rotatable bonds is 1. The quantitative estimate of drug-likeness (QED) is 0.856. The highest BCUT2D eigenvalue weighted by molar-refractivity contribution is 5.92. The molecule has 1 aliphatic heterocycles. The number of aromatic nitrogens is 2. The SMILES string of the molecule is O=C1NCCCCCCN(C(=O)c2cnccn2)C2CCCCC12. The van der Waals surface area contributed by atoms with Crippen molar-refractivity contribution in [2.24, 2.45) is 5.92 Å². The van der Waals surface area contributed by atoms with Crippen molar-refractivity contribution < 1.29 is 9.59 Å². The van der Waals surface area contributed by atoms with Gasteiger partial charge in [0.2, 0.25) is 5.91 Å². The van der Waals surface area contributed by atoms with Crippen LogP contribution in [-0.2, 0) is 4.79 Å². The molecular formula is C18H26N4O2. The molecule has 130 valence electrons. The van der Waals surface area contributed by atoms with E-state index in [4.69, 9.17) is 0 Å². The average molecular weight is 330 g/mol. The van der Waals surface area contributed by atoms with Crippen molar-refractivity contribution in [2.75, 3.05) is 13.1 Å². The largest absolute Gasteiger partial charge is 0.356 e. The fourth-order valence-corrected chi connectivity index (χ4v) is 3.87. The van der Waals surface area contributed by atoms with E-state index in [-0.39, 0.29) is 23.8 Å². The number of nitrogens with zero attached hydrogens (tertiary/aromatic N) is 3. The lowest BCUT2D eigenvalue weighted by Gasteiger charge is -2.39.